The largest absolute Gasteiger partial charge is 0.493 e. The predicted octanol–water partition coefficient (Wildman–Crippen LogP) is 2.83. The van der Waals surface area contributed by atoms with Gasteiger partial charge < -0.3 is 9.47 Å². The highest BCUT2D eigenvalue weighted by Crippen LogP contribution is 2.29. The third kappa shape index (κ3) is 2.95. The second kappa shape index (κ2) is 6.10. The Hall–Kier alpha value is -1.58. The fraction of sp³-hybridized carbons (Fsp3) is 0.417. The zero-order valence-corrected chi connectivity index (χ0v) is 9.46. The minimum atomic E-state index is -0.602. The second-order valence-corrected chi connectivity index (χ2v) is 3.34. The summed E-state index contributed by atoms with van der Waals surface area (Å²) in [7, 11) is 1.43. The van der Waals surface area contributed by atoms with Crippen LogP contribution in [0.2, 0.25) is 0 Å². The van der Waals surface area contributed by atoms with Crippen LogP contribution in [-0.2, 0) is 0 Å². The van der Waals surface area contributed by atoms with Gasteiger partial charge in [-0.1, -0.05) is 13.3 Å². The van der Waals surface area contributed by atoms with E-state index in [0.29, 0.717) is 24.4 Å². The zero-order valence-electron chi connectivity index (χ0n) is 9.46. The van der Waals surface area contributed by atoms with E-state index in [9.17, 15) is 9.18 Å². The lowest BCUT2D eigenvalue weighted by atomic mass is 10.2. The number of benzene rings is 1. The quantitative estimate of drug-likeness (QED) is 0.552. The SMILES string of the molecule is CCCCOc1cc(C=O)c(F)cc1OC. The Kier molecular flexibility index (Phi) is 4.76. The van der Waals surface area contributed by atoms with Gasteiger partial charge in [-0.25, -0.2) is 4.39 Å². The van der Waals surface area contributed by atoms with E-state index in [2.05, 4.69) is 0 Å². The fourth-order valence-electron chi connectivity index (χ4n) is 1.24. The summed E-state index contributed by atoms with van der Waals surface area (Å²) in [4.78, 5) is 10.6. The van der Waals surface area contributed by atoms with Gasteiger partial charge in [0.25, 0.3) is 0 Å². The molecule has 0 unspecified atom stereocenters. The van der Waals surface area contributed by atoms with Crippen LogP contribution in [-0.4, -0.2) is 20.0 Å². The van der Waals surface area contributed by atoms with Crippen molar-refractivity contribution in [2.75, 3.05) is 13.7 Å². The number of carbonyl (C=O) groups excluding carboxylic acids is 1. The van der Waals surface area contributed by atoms with Gasteiger partial charge in [0.1, 0.15) is 5.82 Å². The lowest BCUT2D eigenvalue weighted by Gasteiger charge is -2.11. The summed E-state index contributed by atoms with van der Waals surface area (Å²) in [5, 5.41) is 0. The topological polar surface area (TPSA) is 35.5 Å². The number of halogens is 1. The Morgan fingerprint density at radius 3 is 2.69 bits per heavy atom. The molecule has 88 valence electrons. The van der Waals surface area contributed by atoms with Gasteiger partial charge in [0.15, 0.2) is 17.8 Å². The molecule has 4 heteroatoms. The van der Waals surface area contributed by atoms with Crippen molar-refractivity contribution >= 4 is 6.29 Å². The van der Waals surface area contributed by atoms with Crippen LogP contribution in [0.4, 0.5) is 4.39 Å². The highest BCUT2D eigenvalue weighted by molar-refractivity contribution is 5.76. The number of methoxy groups -OCH3 is 1. The first-order valence-corrected chi connectivity index (χ1v) is 5.18. The van der Waals surface area contributed by atoms with E-state index in [4.69, 9.17) is 9.47 Å². The second-order valence-electron chi connectivity index (χ2n) is 3.34. The zero-order chi connectivity index (χ0) is 12.0. The van der Waals surface area contributed by atoms with Crippen molar-refractivity contribution in [3.05, 3.63) is 23.5 Å². The van der Waals surface area contributed by atoms with Crippen LogP contribution in [0.5, 0.6) is 11.5 Å². The predicted molar refractivity (Wildman–Crippen MR) is 58.7 cm³/mol. The molecule has 0 aliphatic rings. The van der Waals surface area contributed by atoms with E-state index in [1.807, 2.05) is 6.92 Å². The Labute approximate surface area is 94.2 Å². The highest BCUT2D eigenvalue weighted by Gasteiger charge is 2.10. The minimum absolute atomic E-state index is 0.0210. The molecule has 0 bridgehead atoms. The first kappa shape index (κ1) is 12.5. The number of hydrogen-bond donors (Lipinski definition) is 0. The first-order valence-electron chi connectivity index (χ1n) is 5.18. The molecular weight excluding hydrogens is 211 g/mol. The highest BCUT2D eigenvalue weighted by atomic mass is 19.1. The van der Waals surface area contributed by atoms with Crippen molar-refractivity contribution < 1.29 is 18.7 Å². The van der Waals surface area contributed by atoms with Crippen LogP contribution in [0, 0.1) is 5.82 Å². The van der Waals surface area contributed by atoms with Crippen molar-refractivity contribution in [3.8, 4) is 11.5 Å². The van der Waals surface area contributed by atoms with E-state index >= 15 is 0 Å². The number of ether oxygens (including phenoxy) is 2. The molecule has 0 aromatic heterocycles. The van der Waals surface area contributed by atoms with E-state index in [0.717, 1.165) is 18.9 Å². The molecule has 0 aliphatic carbocycles. The molecule has 1 rings (SSSR count). The van der Waals surface area contributed by atoms with Gasteiger partial charge >= 0.3 is 0 Å². The first-order chi connectivity index (χ1) is 7.72. The van der Waals surface area contributed by atoms with Gasteiger partial charge in [-0.2, -0.15) is 0 Å². The summed E-state index contributed by atoms with van der Waals surface area (Å²) < 4.78 is 23.6. The van der Waals surface area contributed by atoms with E-state index in [1.165, 1.54) is 13.2 Å². The Morgan fingerprint density at radius 1 is 1.38 bits per heavy atom. The minimum Gasteiger partial charge on any atom is -0.493 e. The molecule has 0 saturated heterocycles. The van der Waals surface area contributed by atoms with Gasteiger partial charge in [-0.15, -0.1) is 0 Å². The molecule has 1 aromatic rings. The third-order valence-corrected chi connectivity index (χ3v) is 2.17. The average Bonchev–Trinajstić information content (AvgIpc) is 2.30. The smallest absolute Gasteiger partial charge is 0.163 e. The number of hydrogen-bond acceptors (Lipinski definition) is 3. The number of aldehydes is 1. The van der Waals surface area contributed by atoms with E-state index < -0.39 is 5.82 Å². The van der Waals surface area contributed by atoms with Crippen molar-refractivity contribution in [1.82, 2.24) is 0 Å². The van der Waals surface area contributed by atoms with E-state index in [-0.39, 0.29) is 5.56 Å². The maximum atomic E-state index is 13.2. The van der Waals surface area contributed by atoms with Crippen molar-refractivity contribution in [2.24, 2.45) is 0 Å². The molecule has 0 heterocycles. The Balaban J connectivity index is 2.91. The normalized spacial score (nSPS) is 9.94. The summed E-state index contributed by atoms with van der Waals surface area (Å²) in [5.41, 5.74) is -0.0210. The number of unbranched alkanes of at least 4 members (excludes halogenated alkanes) is 1. The standard InChI is InChI=1S/C12H15FO3/c1-3-4-5-16-12-6-9(8-14)10(13)7-11(12)15-2/h6-8H,3-5H2,1-2H3. The fourth-order valence-corrected chi connectivity index (χ4v) is 1.24. The summed E-state index contributed by atoms with van der Waals surface area (Å²) in [6, 6.07) is 2.52. The summed E-state index contributed by atoms with van der Waals surface area (Å²) in [5.74, 6) is 0.105. The van der Waals surface area contributed by atoms with Crippen molar-refractivity contribution in [3.63, 3.8) is 0 Å². The molecule has 0 aliphatic heterocycles. The van der Waals surface area contributed by atoms with Crippen LogP contribution in [0.15, 0.2) is 12.1 Å². The molecule has 0 atom stereocenters. The summed E-state index contributed by atoms with van der Waals surface area (Å²) in [6.07, 6.45) is 2.36. The van der Waals surface area contributed by atoms with Crippen LogP contribution in [0.1, 0.15) is 30.1 Å². The number of rotatable bonds is 6. The monoisotopic (exact) mass is 226 g/mol. The van der Waals surface area contributed by atoms with Gasteiger partial charge in [0.2, 0.25) is 0 Å². The van der Waals surface area contributed by atoms with Gasteiger partial charge in [-0.3, -0.25) is 4.79 Å². The molecule has 0 saturated carbocycles. The molecule has 0 N–H and O–H groups in total. The summed E-state index contributed by atoms with van der Waals surface area (Å²) in [6.45, 7) is 2.57. The third-order valence-electron chi connectivity index (χ3n) is 2.17. The maximum absolute atomic E-state index is 13.2. The molecule has 1 aromatic carbocycles. The maximum Gasteiger partial charge on any atom is 0.163 e. The molecule has 0 radical (unpaired) electrons. The van der Waals surface area contributed by atoms with Crippen LogP contribution >= 0.6 is 0 Å². The summed E-state index contributed by atoms with van der Waals surface area (Å²) >= 11 is 0. The molecule has 16 heavy (non-hydrogen) atoms. The number of carbonyl (C=O) groups is 1. The Morgan fingerprint density at radius 2 is 2.12 bits per heavy atom. The van der Waals surface area contributed by atoms with Gasteiger partial charge in [-0.05, 0) is 12.5 Å². The molecular formula is C12H15FO3. The van der Waals surface area contributed by atoms with Crippen molar-refractivity contribution in [1.29, 1.82) is 0 Å². The van der Waals surface area contributed by atoms with Crippen molar-refractivity contribution in [2.45, 2.75) is 19.8 Å². The van der Waals surface area contributed by atoms with E-state index in [1.54, 1.807) is 0 Å². The Bertz CT molecular complexity index is 364. The molecule has 0 spiro atoms. The van der Waals surface area contributed by atoms with Gasteiger partial charge in [0, 0.05) is 6.07 Å². The van der Waals surface area contributed by atoms with Crippen LogP contribution in [0.25, 0.3) is 0 Å². The van der Waals surface area contributed by atoms with Gasteiger partial charge in [0.05, 0.1) is 19.3 Å². The van der Waals surface area contributed by atoms with Crippen LogP contribution in [0.3, 0.4) is 0 Å². The molecule has 0 fully saturated rings. The lowest BCUT2D eigenvalue weighted by Crippen LogP contribution is -2.01. The van der Waals surface area contributed by atoms with Crippen LogP contribution < -0.4 is 9.47 Å². The average molecular weight is 226 g/mol. The lowest BCUT2D eigenvalue weighted by molar-refractivity contribution is 0.111. The molecule has 3 nitrogen and oxygen atoms in total. The molecule has 0 amide bonds.